The molecule has 0 radical (unpaired) electrons. The maximum absolute atomic E-state index is 13.9. The SMILES string of the molecule is CCOC(OCC)[SiH2]CCCP(C(=O)c1c(C)cc(C)cc1C)C(=O)c1c(C)cc(C)cc1C. The lowest BCUT2D eigenvalue weighted by molar-refractivity contribution is -0.0827. The van der Waals surface area contributed by atoms with Crippen LogP contribution in [0.5, 0.6) is 0 Å². The second-order valence-electron chi connectivity index (χ2n) is 9.15. The molecule has 0 aliphatic heterocycles. The van der Waals surface area contributed by atoms with Gasteiger partial charge in [-0.15, -0.1) is 0 Å². The quantitative estimate of drug-likeness (QED) is 0.139. The molecule has 0 aliphatic carbocycles. The maximum Gasteiger partial charge on any atom is 0.192 e. The fourth-order valence-electron chi connectivity index (χ4n) is 4.77. The molecule has 34 heavy (non-hydrogen) atoms. The van der Waals surface area contributed by atoms with Gasteiger partial charge in [0, 0.05) is 32.3 Å². The summed E-state index contributed by atoms with van der Waals surface area (Å²) in [6.07, 6.45) is 1.46. The van der Waals surface area contributed by atoms with Crippen molar-refractivity contribution in [3.05, 3.63) is 68.8 Å². The first-order valence-corrected chi connectivity index (χ1v) is 15.7. The Morgan fingerprint density at radius 1 is 0.765 bits per heavy atom. The van der Waals surface area contributed by atoms with E-state index in [4.69, 9.17) is 9.47 Å². The monoisotopic (exact) mass is 500 g/mol. The lowest BCUT2D eigenvalue weighted by Crippen LogP contribution is -2.24. The summed E-state index contributed by atoms with van der Waals surface area (Å²) in [4.78, 5) is 27.8. The molecule has 0 heterocycles. The molecule has 2 aromatic carbocycles. The summed E-state index contributed by atoms with van der Waals surface area (Å²) in [6.45, 7) is 17.2. The number of aryl methyl sites for hydroxylation is 6. The molecule has 0 aromatic heterocycles. The van der Waals surface area contributed by atoms with E-state index in [9.17, 15) is 9.59 Å². The Morgan fingerprint density at radius 2 is 1.15 bits per heavy atom. The zero-order chi connectivity index (χ0) is 25.4. The van der Waals surface area contributed by atoms with E-state index in [2.05, 4.69) is 0 Å². The fraction of sp³-hybridized carbons (Fsp3) is 0.500. The van der Waals surface area contributed by atoms with Crippen molar-refractivity contribution in [3.63, 3.8) is 0 Å². The van der Waals surface area contributed by atoms with Gasteiger partial charge in [0.1, 0.15) is 5.91 Å². The van der Waals surface area contributed by atoms with E-state index in [1.165, 1.54) is 0 Å². The van der Waals surface area contributed by atoms with Crippen LogP contribution in [0.4, 0.5) is 0 Å². The van der Waals surface area contributed by atoms with Crippen molar-refractivity contribution in [2.24, 2.45) is 0 Å². The third-order valence-corrected chi connectivity index (χ3v) is 10.1. The minimum atomic E-state index is -1.50. The maximum atomic E-state index is 13.9. The Bertz CT molecular complexity index is 896. The van der Waals surface area contributed by atoms with Crippen molar-refractivity contribution in [2.45, 2.75) is 73.8 Å². The zero-order valence-electron chi connectivity index (χ0n) is 22.2. The number of carbonyl (C=O) groups excluding carboxylic acids is 2. The van der Waals surface area contributed by atoms with Gasteiger partial charge in [-0.05, 0) is 83.8 Å². The molecule has 186 valence electrons. The van der Waals surface area contributed by atoms with E-state index in [0.29, 0.717) is 19.4 Å². The second kappa shape index (κ2) is 13.4. The molecule has 6 heteroatoms. The fourth-order valence-corrected chi connectivity index (χ4v) is 9.24. The first kappa shape index (κ1) is 28.6. The number of ether oxygens (including phenoxy) is 2. The van der Waals surface area contributed by atoms with Crippen LogP contribution in [-0.2, 0) is 9.47 Å². The Hall–Kier alpha value is -1.65. The first-order valence-electron chi connectivity index (χ1n) is 12.4. The summed E-state index contributed by atoms with van der Waals surface area (Å²) in [6, 6.07) is 9.16. The highest BCUT2D eigenvalue weighted by molar-refractivity contribution is 7.90. The highest BCUT2D eigenvalue weighted by Gasteiger charge is 2.31. The van der Waals surface area contributed by atoms with Crippen molar-refractivity contribution in [2.75, 3.05) is 19.4 Å². The van der Waals surface area contributed by atoms with Crippen LogP contribution < -0.4 is 0 Å². The van der Waals surface area contributed by atoms with Crippen LogP contribution in [0.1, 0.15) is 74.4 Å². The third-order valence-electron chi connectivity index (χ3n) is 6.05. The highest BCUT2D eigenvalue weighted by Crippen LogP contribution is 2.46. The summed E-state index contributed by atoms with van der Waals surface area (Å²) < 4.78 is 11.4. The molecule has 4 nitrogen and oxygen atoms in total. The van der Waals surface area contributed by atoms with E-state index in [0.717, 1.165) is 57.0 Å². The number of carbonyl (C=O) groups is 2. The molecule has 0 saturated heterocycles. The van der Waals surface area contributed by atoms with E-state index in [1.54, 1.807) is 0 Å². The average molecular weight is 501 g/mol. The summed E-state index contributed by atoms with van der Waals surface area (Å²) in [5.74, 6) is -0.0872. The van der Waals surface area contributed by atoms with Gasteiger partial charge in [-0.1, -0.05) is 47.9 Å². The van der Waals surface area contributed by atoms with Gasteiger partial charge in [0.15, 0.2) is 11.0 Å². The van der Waals surface area contributed by atoms with Gasteiger partial charge in [0.2, 0.25) is 0 Å². The van der Waals surface area contributed by atoms with Crippen molar-refractivity contribution in [3.8, 4) is 0 Å². The number of rotatable bonds is 13. The van der Waals surface area contributed by atoms with E-state index in [1.807, 2.05) is 79.7 Å². The van der Waals surface area contributed by atoms with Gasteiger partial charge < -0.3 is 9.47 Å². The number of hydrogen-bond donors (Lipinski definition) is 0. The molecule has 0 saturated carbocycles. The minimum Gasteiger partial charge on any atom is -0.357 e. The van der Waals surface area contributed by atoms with E-state index >= 15 is 0 Å². The molecule has 0 amide bonds. The van der Waals surface area contributed by atoms with Gasteiger partial charge in [-0.2, -0.15) is 0 Å². The largest absolute Gasteiger partial charge is 0.357 e. The van der Waals surface area contributed by atoms with Crippen LogP contribution in [0, 0.1) is 41.5 Å². The molecule has 0 aliphatic rings. The molecule has 0 N–H and O–H groups in total. The van der Waals surface area contributed by atoms with Crippen LogP contribution in [0.2, 0.25) is 6.04 Å². The zero-order valence-corrected chi connectivity index (χ0v) is 24.5. The molecule has 2 rings (SSSR count). The molecule has 0 atom stereocenters. The topological polar surface area (TPSA) is 52.6 Å². The molecule has 0 spiro atoms. The van der Waals surface area contributed by atoms with Crippen molar-refractivity contribution < 1.29 is 19.1 Å². The van der Waals surface area contributed by atoms with Crippen LogP contribution in [-0.4, -0.2) is 45.9 Å². The minimum absolute atomic E-state index is 0.0159. The van der Waals surface area contributed by atoms with Gasteiger partial charge in [0.25, 0.3) is 0 Å². The Kier molecular flexibility index (Phi) is 11.3. The molecule has 0 unspecified atom stereocenters. The smallest absolute Gasteiger partial charge is 0.192 e. The lowest BCUT2D eigenvalue weighted by atomic mass is 10.0. The second-order valence-corrected chi connectivity index (χ2v) is 13.2. The van der Waals surface area contributed by atoms with Gasteiger partial charge >= 0.3 is 0 Å². The van der Waals surface area contributed by atoms with Gasteiger partial charge in [-0.3, -0.25) is 9.59 Å². The van der Waals surface area contributed by atoms with Gasteiger partial charge in [0.05, 0.1) is 9.52 Å². The summed E-state index contributed by atoms with van der Waals surface area (Å²) in [5.41, 5.74) is 7.60. The Labute approximate surface area is 209 Å². The lowest BCUT2D eigenvalue weighted by Gasteiger charge is -2.21. The predicted octanol–water partition coefficient (Wildman–Crippen LogP) is 6.33. The van der Waals surface area contributed by atoms with E-state index in [-0.39, 0.29) is 17.0 Å². The molecular formula is C28H41O4PSi. The van der Waals surface area contributed by atoms with Gasteiger partial charge in [-0.25, -0.2) is 0 Å². The Balaban J connectivity index is 2.34. The molecule has 0 fully saturated rings. The van der Waals surface area contributed by atoms with Crippen LogP contribution in [0.25, 0.3) is 0 Å². The first-order chi connectivity index (χ1) is 16.1. The number of benzene rings is 2. The Morgan fingerprint density at radius 3 is 1.50 bits per heavy atom. The van der Waals surface area contributed by atoms with Crippen molar-refractivity contribution in [1.29, 1.82) is 0 Å². The van der Waals surface area contributed by atoms with Crippen LogP contribution >= 0.6 is 7.92 Å². The third kappa shape index (κ3) is 7.42. The standard InChI is InChI=1S/C28H41O4PSi/c1-9-31-28(32-10-2)34-13-11-12-33(26(29)24-20(5)14-18(3)15-21(24)6)27(30)25-22(7)16-19(4)17-23(25)8/h14-17,28H,9-13,34H2,1-8H3. The summed E-state index contributed by atoms with van der Waals surface area (Å²) >= 11 is 0. The summed E-state index contributed by atoms with van der Waals surface area (Å²) in [5, 5.41) is 0. The van der Waals surface area contributed by atoms with Crippen LogP contribution in [0.3, 0.4) is 0 Å². The molecular weight excluding hydrogens is 459 g/mol. The van der Waals surface area contributed by atoms with Crippen LogP contribution in [0.15, 0.2) is 24.3 Å². The highest BCUT2D eigenvalue weighted by atomic mass is 31.1. The normalized spacial score (nSPS) is 11.8. The molecule has 2 aromatic rings. The molecule has 0 bridgehead atoms. The number of hydrogen-bond acceptors (Lipinski definition) is 4. The van der Waals surface area contributed by atoms with E-state index < -0.39 is 17.4 Å². The average Bonchev–Trinajstić information content (AvgIpc) is 2.72. The van der Waals surface area contributed by atoms with Crippen molar-refractivity contribution in [1.82, 2.24) is 0 Å². The predicted molar refractivity (Wildman–Crippen MR) is 147 cm³/mol. The summed E-state index contributed by atoms with van der Waals surface area (Å²) in [7, 11) is -2.12. The van der Waals surface area contributed by atoms with Crippen molar-refractivity contribution >= 4 is 28.5 Å².